The van der Waals surface area contributed by atoms with Crippen LogP contribution in [-0.2, 0) is 0 Å². The largest absolute Gasteiger partial charge is 0.270 e. The summed E-state index contributed by atoms with van der Waals surface area (Å²) in [5.74, 6) is 1.86. The standard InChI is InChI=1S/C18H19N3S/c1-4-22-18-20-19-17(15-8-6-5-7-9-15)21(18)16-11-10-13(2)14(3)12-16/h5-12H,4H2,1-3H3. The number of aromatic nitrogens is 3. The van der Waals surface area contributed by atoms with E-state index < -0.39 is 0 Å². The molecule has 112 valence electrons. The second-order valence-electron chi connectivity index (χ2n) is 5.21. The first kappa shape index (κ1) is 14.9. The van der Waals surface area contributed by atoms with Gasteiger partial charge in [-0.3, -0.25) is 4.57 Å². The molecule has 0 unspecified atom stereocenters. The van der Waals surface area contributed by atoms with E-state index in [1.165, 1.54) is 11.1 Å². The van der Waals surface area contributed by atoms with Crippen LogP contribution >= 0.6 is 11.8 Å². The molecule has 0 saturated carbocycles. The molecule has 0 bridgehead atoms. The zero-order valence-electron chi connectivity index (χ0n) is 13.1. The van der Waals surface area contributed by atoms with Gasteiger partial charge in [0.05, 0.1) is 5.69 Å². The van der Waals surface area contributed by atoms with Gasteiger partial charge >= 0.3 is 0 Å². The normalized spacial score (nSPS) is 10.9. The Kier molecular flexibility index (Phi) is 4.29. The molecule has 0 atom stereocenters. The van der Waals surface area contributed by atoms with Gasteiger partial charge in [-0.1, -0.05) is 55.1 Å². The number of hydrogen-bond donors (Lipinski definition) is 0. The fourth-order valence-corrected chi connectivity index (χ4v) is 3.04. The van der Waals surface area contributed by atoms with E-state index in [0.717, 1.165) is 28.0 Å². The van der Waals surface area contributed by atoms with Crippen molar-refractivity contribution in [2.45, 2.75) is 25.9 Å². The van der Waals surface area contributed by atoms with Crippen LogP contribution in [0.5, 0.6) is 0 Å². The molecule has 0 aliphatic rings. The van der Waals surface area contributed by atoms with Crippen molar-refractivity contribution in [1.29, 1.82) is 0 Å². The van der Waals surface area contributed by atoms with Crippen LogP contribution in [0.4, 0.5) is 0 Å². The van der Waals surface area contributed by atoms with E-state index in [9.17, 15) is 0 Å². The third-order valence-electron chi connectivity index (χ3n) is 3.69. The predicted octanol–water partition coefficient (Wildman–Crippen LogP) is 4.66. The van der Waals surface area contributed by atoms with E-state index >= 15 is 0 Å². The Morgan fingerprint density at radius 1 is 0.955 bits per heavy atom. The van der Waals surface area contributed by atoms with Crippen molar-refractivity contribution in [3.05, 3.63) is 59.7 Å². The summed E-state index contributed by atoms with van der Waals surface area (Å²) < 4.78 is 2.15. The molecule has 3 rings (SSSR count). The van der Waals surface area contributed by atoms with Crippen LogP contribution in [0.1, 0.15) is 18.1 Å². The number of aryl methyl sites for hydroxylation is 2. The molecule has 1 aromatic heterocycles. The summed E-state index contributed by atoms with van der Waals surface area (Å²) in [5, 5.41) is 9.75. The summed E-state index contributed by atoms with van der Waals surface area (Å²) in [7, 11) is 0. The lowest BCUT2D eigenvalue weighted by atomic mass is 10.1. The van der Waals surface area contributed by atoms with Gasteiger partial charge in [0.2, 0.25) is 0 Å². The molecule has 0 amide bonds. The van der Waals surface area contributed by atoms with E-state index in [4.69, 9.17) is 0 Å². The van der Waals surface area contributed by atoms with Crippen LogP contribution in [0.25, 0.3) is 17.1 Å². The molecule has 2 aromatic carbocycles. The predicted molar refractivity (Wildman–Crippen MR) is 92.7 cm³/mol. The summed E-state index contributed by atoms with van der Waals surface area (Å²) in [6.07, 6.45) is 0. The summed E-state index contributed by atoms with van der Waals surface area (Å²) >= 11 is 1.71. The third-order valence-corrected chi connectivity index (χ3v) is 4.50. The zero-order chi connectivity index (χ0) is 15.5. The molecule has 0 N–H and O–H groups in total. The first-order valence-electron chi connectivity index (χ1n) is 7.42. The topological polar surface area (TPSA) is 30.7 Å². The van der Waals surface area contributed by atoms with Crippen molar-refractivity contribution in [3.63, 3.8) is 0 Å². The molecule has 3 nitrogen and oxygen atoms in total. The minimum absolute atomic E-state index is 0.889. The van der Waals surface area contributed by atoms with Crippen LogP contribution in [0.2, 0.25) is 0 Å². The first-order valence-corrected chi connectivity index (χ1v) is 8.40. The summed E-state index contributed by atoms with van der Waals surface area (Å²) in [4.78, 5) is 0. The van der Waals surface area contributed by atoms with Crippen molar-refractivity contribution in [2.24, 2.45) is 0 Å². The molecule has 0 fully saturated rings. The molecule has 0 spiro atoms. The second-order valence-corrected chi connectivity index (χ2v) is 6.44. The monoisotopic (exact) mass is 309 g/mol. The van der Waals surface area contributed by atoms with Crippen molar-refractivity contribution < 1.29 is 0 Å². The van der Waals surface area contributed by atoms with Gasteiger partial charge in [-0.15, -0.1) is 10.2 Å². The van der Waals surface area contributed by atoms with Crippen LogP contribution in [0.15, 0.2) is 53.7 Å². The molecule has 3 aromatic rings. The molecular formula is C18H19N3S. The number of hydrogen-bond acceptors (Lipinski definition) is 3. The SMILES string of the molecule is CCSc1nnc(-c2ccccc2)n1-c1ccc(C)c(C)c1. The maximum atomic E-state index is 4.43. The van der Waals surface area contributed by atoms with Crippen molar-refractivity contribution in [2.75, 3.05) is 5.75 Å². The Balaban J connectivity index is 2.19. The van der Waals surface area contributed by atoms with Gasteiger partial charge in [-0.2, -0.15) is 0 Å². The lowest BCUT2D eigenvalue weighted by Crippen LogP contribution is -2.00. The van der Waals surface area contributed by atoms with Crippen LogP contribution < -0.4 is 0 Å². The summed E-state index contributed by atoms with van der Waals surface area (Å²) in [6.45, 7) is 6.40. The molecule has 0 aliphatic heterocycles. The highest BCUT2D eigenvalue weighted by molar-refractivity contribution is 7.99. The second kappa shape index (κ2) is 6.36. The van der Waals surface area contributed by atoms with E-state index in [1.54, 1.807) is 11.8 Å². The van der Waals surface area contributed by atoms with Gasteiger partial charge in [-0.25, -0.2) is 0 Å². The maximum absolute atomic E-state index is 4.43. The van der Waals surface area contributed by atoms with Crippen molar-refractivity contribution in [3.8, 4) is 17.1 Å². The quantitative estimate of drug-likeness (QED) is 0.657. The number of thioether (sulfide) groups is 1. The molecular weight excluding hydrogens is 290 g/mol. The molecule has 1 heterocycles. The Bertz CT molecular complexity index is 778. The highest BCUT2D eigenvalue weighted by atomic mass is 32.2. The van der Waals surface area contributed by atoms with Crippen molar-refractivity contribution in [1.82, 2.24) is 14.8 Å². The highest BCUT2D eigenvalue weighted by Crippen LogP contribution is 2.28. The number of benzene rings is 2. The number of rotatable bonds is 4. The average molecular weight is 309 g/mol. The zero-order valence-corrected chi connectivity index (χ0v) is 13.9. The van der Waals surface area contributed by atoms with Crippen LogP contribution in [-0.4, -0.2) is 20.5 Å². The van der Waals surface area contributed by atoms with Gasteiger partial charge in [0.1, 0.15) is 0 Å². The Labute approximate surface area is 135 Å². The van der Waals surface area contributed by atoms with E-state index in [1.807, 2.05) is 18.2 Å². The molecule has 0 radical (unpaired) electrons. The molecule has 0 aliphatic carbocycles. The Morgan fingerprint density at radius 2 is 1.73 bits per heavy atom. The molecule has 22 heavy (non-hydrogen) atoms. The lowest BCUT2D eigenvalue weighted by molar-refractivity contribution is 0.885. The highest BCUT2D eigenvalue weighted by Gasteiger charge is 2.15. The maximum Gasteiger partial charge on any atom is 0.196 e. The van der Waals surface area contributed by atoms with Gasteiger partial charge in [0, 0.05) is 5.56 Å². The molecule has 0 saturated heterocycles. The van der Waals surface area contributed by atoms with Gasteiger partial charge in [-0.05, 0) is 42.9 Å². The number of nitrogens with zero attached hydrogens (tertiary/aromatic N) is 3. The fourth-order valence-electron chi connectivity index (χ4n) is 2.36. The smallest absolute Gasteiger partial charge is 0.196 e. The third kappa shape index (κ3) is 2.79. The van der Waals surface area contributed by atoms with E-state index in [-0.39, 0.29) is 0 Å². The Morgan fingerprint density at radius 3 is 2.41 bits per heavy atom. The average Bonchev–Trinajstić information content (AvgIpc) is 2.95. The summed E-state index contributed by atoms with van der Waals surface area (Å²) in [5.41, 5.74) is 4.76. The first-order chi connectivity index (χ1) is 10.7. The lowest BCUT2D eigenvalue weighted by Gasteiger charge is -2.11. The van der Waals surface area contributed by atoms with Gasteiger partial charge < -0.3 is 0 Å². The van der Waals surface area contributed by atoms with Gasteiger partial charge in [0.25, 0.3) is 0 Å². The van der Waals surface area contributed by atoms with Gasteiger partial charge in [0.15, 0.2) is 11.0 Å². The fraction of sp³-hybridized carbons (Fsp3) is 0.222. The molecule has 4 heteroatoms. The van der Waals surface area contributed by atoms with E-state index in [0.29, 0.717) is 0 Å². The summed E-state index contributed by atoms with van der Waals surface area (Å²) in [6, 6.07) is 16.7. The van der Waals surface area contributed by atoms with E-state index in [2.05, 4.69) is 65.9 Å². The van der Waals surface area contributed by atoms with Crippen LogP contribution in [0, 0.1) is 13.8 Å². The van der Waals surface area contributed by atoms with Crippen LogP contribution in [0.3, 0.4) is 0 Å². The minimum Gasteiger partial charge on any atom is -0.270 e. The minimum atomic E-state index is 0.889. The Hall–Kier alpha value is -2.07. The van der Waals surface area contributed by atoms with Crippen molar-refractivity contribution >= 4 is 11.8 Å².